The maximum Gasteiger partial charge on any atom is 0.0558 e. The van der Waals surface area contributed by atoms with Gasteiger partial charge in [0.2, 0.25) is 0 Å². The first kappa shape index (κ1) is 9.96. The van der Waals surface area contributed by atoms with E-state index in [-0.39, 0.29) is 6.61 Å². The van der Waals surface area contributed by atoms with E-state index in [1.807, 2.05) is 0 Å². The van der Waals surface area contributed by atoms with Crippen LogP contribution in [0.15, 0.2) is 0 Å². The number of hydrogen-bond acceptors (Lipinski definition) is 3. The molecule has 0 aromatic rings. The molecule has 0 aromatic carbocycles. The van der Waals surface area contributed by atoms with Gasteiger partial charge in [0.05, 0.1) is 6.61 Å². The number of rotatable bonds is 4. The van der Waals surface area contributed by atoms with Crippen molar-refractivity contribution in [1.82, 2.24) is 4.90 Å². The van der Waals surface area contributed by atoms with Gasteiger partial charge in [-0.05, 0) is 38.8 Å². The summed E-state index contributed by atoms with van der Waals surface area (Å²) in [5.74, 6) is 0.719. The van der Waals surface area contributed by atoms with Crippen LogP contribution in [0.5, 0.6) is 0 Å². The summed E-state index contributed by atoms with van der Waals surface area (Å²) in [5, 5.41) is 8.75. The molecular formula is C9H20N2O. The van der Waals surface area contributed by atoms with E-state index in [4.69, 9.17) is 10.8 Å². The first-order valence-electron chi connectivity index (χ1n) is 4.79. The molecule has 2 atom stereocenters. The second kappa shape index (κ2) is 4.80. The van der Waals surface area contributed by atoms with Gasteiger partial charge >= 0.3 is 0 Å². The van der Waals surface area contributed by atoms with Gasteiger partial charge in [-0.25, -0.2) is 0 Å². The molecule has 1 fully saturated rings. The molecule has 1 aliphatic carbocycles. The molecule has 12 heavy (non-hydrogen) atoms. The van der Waals surface area contributed by atoms with Gasteiger partial charge in [0.25, 0.3) is 0 Å². The van der Waals surface area contributed by atoms with E-state index in [0.717, 1.165) is 19.0 Å². The molecule has 0 aromatic heterocycles. The van der Waals surface area contributed by atoms with E-state index in [9.17, 15) is 0 Å². The highest BCUT2D eigenvalue weighted by Crippen LogP contribution is 2.27. The number of nitrogens with zero attached hydrogens (tertiary/aromatic N) is 1. The van der Waals surface area contributed by atoms with Crippen LogP contribution in [0.2, 0.25) is 0 Å². The van der Waals surface area contributed by atoms with E-state index in [2.05, 4.69) is 11.9 Å². The van der Waals surface area contributed by atoms with Gasteiger partial charge in [-0.2, -0.15) is 0 Å². The Morgan fingerprint density at radius 2 is 2.25 bits per heavy atom. The van der Waals surface area contributed by atoms with E-state index in [1.54, 1.807) is 0 Å². The summed E-state index contributed by atoms with van der Waals surface area (Å²) in [5.41, 5.74) is 5.60. The van der Waals surface area contributed by atoms with Crippen LogP contribution in [0.4, 0.5) is 0 Å². The van der Waals surface area contributed by atoms with Crippen LogP contribution in [0.25, 0.3) is 0 Å². The van der Waals surface area contributed by atoms with E-state index in [0.29, 0.717) is 6.04 Å². The van der Waals surface area contributed by atoms with Gasteiger partial charge < -0.3 is 15.7 Å². The lowest BCUT2D eigenvalue weighted by Crippen LogP contribution is -2.32. The van der Waals surface area contributed by atoms with Gasteiger partial charge in [-0.1, -0.05) is 0 Å². The van der Waals surface area contributed by atoms with Crippen molar-refractivity contribution in [3.63, 3.8) is 0 Å². The highest BCUT2D eigenvalue weighted by molar-refractivity contribution is 4.81. The molecule has 1 rings (SSSR count). The summed E-state index contributed by atoms with van der Waals surface area (Å²) >= 11 is 0. The van der Waals surface area contributed by atoms with Crippen molar-refractivity contribution < 1.29 is 5.11 Å². The molecule has 3 N–H and O–H groups in total. The lowest BCUT2D eigenvalue weighted by Gasteiger charge is -2.23. The number of hydrogen-bond donors (Lipinski definition) is 2. The average molecular weight is 172 g/mol. The SMILES string of the molecule is CN(CCO)C1CCC(CN)C1. The first-order valence-corrected chi connectivity index (χ1v) is 4.79. The Bertz CT molecular complexity index is 130. The fraction of sp³-hybridized carbons (Fsp3) is 1.00. The molecule has 0 saturated heterocycles. The van der Waals surface area contributed by atoms with Crippen molar-refractivity contribution in [3.8, 4) is 0 Å². The highest BCUT2D eigenvalue weighted by atomic mass is 16.3. The molecule has 1 aliphatic rings. The molecule has 2 unspecified atom stereocenters. The normalized spacial score (nSPS) is 30.0. The van der Waals surface area contributed by atoms with Crippen LogP contribution in [-0.2, 0) is 0 Å². The molecule has 0 spiro atoms. The van der Waals surface area contributed by atoms with E-state index < -0.39 is 0 Å². The molecule has 3 nitrogen and oxygen atoms in total. The van der Waals surface area contributed by atoms with Gasteiger partial charge in [-0.3, -0.25) is 0 Å². The molecule has 0 aliphatic heterocycles. The predicted octanol–water partition coefficient (Wildman–Crippen LogP) is 0.0379. The van der Waals surface area contributed by atoms with Crippen LogP contribution in [0.3, 0.4) is 0 Å². The maximum absolute atomic E-state index is 8.75. The van der Waals surface area contributed by atoms with Crippen molar-refractivity contribution in [3.05, 3.63) is 0 Å². The number of aliphatic hydroxyl groups is 1. The van der Waals surface area contributed by atoms with Gasteiger partial charge in [0.15, 0.2) is 0 Å². The summed E-state index contributed by atoms with van der Waals surface area (Å²) in [6, 6.07) is 0.658. The molecular weight excluding hydrogens is 152 g/mol. The zero-order valence-corrected chi connectivity index (χ0v) is 7.87. The highest BCUT2D eigenvalue weighted by Gasteiger charge is 2.25. The second-order valence-electron chi connectivity index (χ2n) is 3.77. The minimum Gasteiger partial charge on any atom is -0.395 e. The quantitative estimate of drug-likeness (QED) is 0.629. The van der Waals surface area contributed by atoms with Gasteiger partial charge in [0, 0.05) is 12.6 Å². The summed E-state index contributed by atoms with van der Waals surface area (Å²) in [6.07, 6.45) is 3.72. The Hall–Kier alpha value is -0.120. The molecule has 0 radical (unpaired) electrons. The zero-order chi connectivity index (χ0) is 8.97. The fourth-order valence-electron chi connectivity index (χ4n) is 2.00. The van der Waals surface area contributed by atoms with E-state index >= 15 is 0 Å². The van der Waals surface area contributed by atoms with Crippen molar-refractivity contribution >= 4 is 0 Å². The number of likely N-dealkylation sites (N-methyl/N-ethyl adjacent to an activating group) is 1. The Balaban J connectivity index is 2.25. The Kier molecular flexibility index (Phi) is 3.98. The van der Waals surface area contributed by atoms with Gasteiger partial charge in [0.1, 0.15) is 0 Å². The average Bonchev–Trinajstić information content (AvgIpc) is 2.52. The van der Waals surface area contributed by atoms with Gasteiger partial charge in [-0.15, -0.1) is 0 Å². The lowest BCUT2D eigenvalue weighted by molar-refractivity contribution is 0.179. The molecule has 0 amide bonds. The Morgan fingerprint density at radius 1 is 1.50 bits per heavy atom. The smallest absolute Gasteiger partial charge is 0.0558 e. The standard InChI is InChI=1S/C9H20N2O/c1-11(4-5-12)9-3-2-8(6-9)7-10/h8-9,12H,2-7,10H2,1H3. The third kappa shape index (κ3) is 2.44. The lowest BCUT2D eigenvalue weighted by atomic mass is 10.1. The summed E-state index contributed by atoms with van der Waals surface area (Å²) in [4.78, 5) is 2.25. The predicted molar refractivity (Wildman–Crippen MR) is 49.9 cm³/mol. The van der Waals surface area contributed by atoms with Crippen molar-refractivity contribution in [2.45, 2.75) is 25.3 Å². The van der Waals surface area contributed by atoms with Crippen molar-refractivity contribution in [2.75, 3.05) is 26.7 Å². The summed E-state index contributed by atoms with van der Waals surface area (Å²) in [7, 11) is 2.08. The maximum atomic E-state index is 8.75. The molecule has 0 bridgehead atoms. The fourth-order valence-corrected chi connectivity index (χ4v) is 2.00. The van der Waals surface area contributed by atoms with E-state index in [1.165, 1.54) is 19.3 Å². The van der Waals surface area contributed by atoms with Crippen LogP contribution in [0.1, 0.15) is 19.3 Å². The minimum absolute atomic E-state index is 0.264. The largest absolute Gasteiger partial charge is 0.395 e. The topological polar surface area (TPSA) is 49.5 Å². The van der Waals surface area contributed by atoms with Crippen molar-refractivity contribution in [1.29, 1.82) is 0 Å². The molecule has 0 heterocycles. The Labute approximate surface area is 74.5 Å². The monoisotopic (exact) mass is 172 g/mol. The number of nitrogens with two attached hydrogens (primary N) is 1. The molecule has 1 saturated carbocycles. The second-order valence-corrected chi connectivity index (χ2v) is 3.77. The third-order valence-electron chi connectivity index (χ3n) is 2.92. The minimum atomic E-state index is 0.264. The summed E-state index contributed by atoms with van der Waals surface area (Å²) < 4.78 is 0. The van der Waals surface area contributed by atoms with Crippen LogP contribution < -0.4 is 5.73 Å². The zero-order valence-electron chi connectivity index (χ0n) is 7.87. The third-order valence-corrected chi connectivity index (χ3v) is 2.92. The van der Waals surface area contributed by atoms with Crippen LogP contribution in [-0.4, -0.2) is 42.8 Å². The Morgan fingerprint density at radius 3 is 2.75 bits per heavy atom. The number of aliphatic hydroxyl groups excluding tert-OH is 1. The van der Waals surface area contributed by atoms with Crippen molar-refractivity contribution in [2.24, 2.45) is 11.7 Å². The van der Waals surface area contributed by atoms with Crippen LogP contribution >= 0.6 is 0 Å². The van der Waals surface area contributed by atoms with Crippen LogP contribution in [0, 0.1) is 5.92 Å². The molecule has 72 valence electrons. The first-order chi connectivity index (χ1) is 5.77. The molecule has 3 heteroatoms. The summed E-state index contributed by atoms with van der Waals surface area (Å²) in [6.45, 7) is 1.88.